The van der Waals surface area contributed by atoms with E-state index in [9.17, 15) is 0 Å². The van der Waals surface area contributed by atoms with E-state index in [1.807, 2.05) is 13.2 Å². The quantitative estimate of drug-likeness (QED) is 0.823. The van der Waals surface area contributed by atoms with Crippen molar-refractivity contribution in [2.45, 2.75) is 32.2 Å². The average Bonchev–Trinajstić information content (AvgIpc) is 2.74. The molecule has 1 aromatic rings. The molecule has 0 aromatic carbocycles. The van der Waals surface area contributed by atoms with Gasteiger partial charge in [0.2, 0.25) is 0 Å². The second-order valence-electron chi connectivity index (χ2n) is 4.77. The highest BCUT2D eigenvalue weighted by Crippen LogP contribution is 2.18. The number of ether oxygens (including phenoxy) is 1. The topological polar surface area (TPSA) is 52.0 Å². The predicted octanol–water partition coefficient (Wildman–Crippen LogP) is 0.762. The summed E-state index contributed by atoms with van der Waals surface area (Å²) in [5, 5.41) is 11.7. The minimum Gasteiger partial charge on any atom is -0.381 e. The number of aromatic nitrogens is 3. The third kappa shape index (κ3) is 3.51. The zero-order chi connectivity index (χ0) is 12.1. The maximum Gasteiger partial charge on any atom is 0.0831 e. The molecule has 0 aliphatic carbocycles. The Hall–Kier alpha value is -0.940. The molecule has 2 heterocycles. The second-order valence-corrected chi connectivity index (χ2v) is 4.77. The highest BCUT2D eigenvalue weighted by Gasteiger charge is 2.26. The Morgan fingerprint density at radius 3 is 3.18 bits per heavy atom. The number of aryl methyl sites for hydroxylation is 1. The molecule has 0 bridgehead atoms. The summed E-state index contributed by atoms with van der Waals surface area (Å²) in [6, 6.07) is 0.561. The number of nitrogens with one attached hydrogen (secondary N) is 1. The summed E-state index contributed by atoms with van der Waals surface area (Å²) in [5.41, 5.74) is 1.06. The van der Waals surface area contributed by atoms with Crippen LogP contribution < -0.4 is 5.32 Å². The lowest BCUT2D eigenvalue weighted by Crippen LogP contribution is -2.44. The average molecular weight is 238 g/mol. The van der Waals surface area contributed by atoms with E-state index >= 15 is 0 Å². The van der Waals surface area contributed by atoms with Crippen molar-refractivity contribution < 1.29 is 4.74 Å². The van der Waals surface area contributed by atoms with Gasteiger partial charge in [0.25, 0.3) is 0 Å². The normalized spacial score (nSPS) is 25.1. The van der Waals surface area contributed by atoms with Gasteiger partial charge >= 0.3 is 0 Å². The van der Waals surface area contributed by atoms with E-state index in [4.69, 9.17) is 4.74 Å². The summed E-state index contributed by atoms with van der Waals surface area (Å²) in [4.78, 5) is 0. The fourth-order valence-electron chi connectivity index (χ4n) is 2.35. The van der Waals surface area contributed by atoms with Crippen LogP contribution >= 0.6 is 0 Å². The maximum absolute atomic E-state index is 5.58. The van der Waals surface area contributed by atoms with Crippen LogP contribution in [0.4, 0.5) is 0 Å². The van der Waals surface area contributed by atoms with Crippen LogP contribution in [0.1, 0.15) is 25.5 Å². The first-order chi connectivity index (χ1) is 8.29. The van der Waals surface area contributed by atoms with Crippen LogP contribution in [0.25, 0.3) is 0 Å². The van der Waals surface area contributed by atoms with E-state index in [2.05, 4.69) is 22.6 Å². The molecule has 1 aromatic heterocycles. The molecule has 2 unspecified atom stereocenters. The minimum absolute atomic E-state index is 0.520. The standard InChI is InChI=1S/C12H22N4O/c1-3-5-13-12-4-6-17-9-10(12)7-11-8-16(2)15-14-11/h8,10,12-13H,3-7,9H2,1-2H3. The largest absolute Gasteiger partial charge is 0.381 e. The monoisotopic (exact) mass is 238 g/mol. The van der Waals surface area contributed by atoms with Crippen LogP contribution in [-0.4, -0.2) is 40.8 Å². The molecule has 96 valence electrons. The van der Waals surface area contributed by atoms with Crippen molar-refractivity contribution in [3.05, 3.63) is 11.9 Å². The molecule has 5 nitrogen and oxygen atoms in total. The highest BCUT2D eigenvalue weighted by molar-refractivity contribution is 4.97. The molecule has 0 spiro atoms. The molecule has 0 amide bonds. The van der Waals surface area contributed by atoms with Crippen molar-refractivity contribution in [1.82, 2.24) is 20.3 Å². The summed E-state index contributed by atoms with van der Waals surface area (Å²) in [6.07, 6.45) is 5.22. The first kappa shape index (κ1) is 12.5. The maximum atomic E-state index is 5.58. The zero-order valence-corrected chi connectivity index (χ0v) is 10.7. The van der Waals surface area contributed by atoms with Crippen molar-refractivity contribution in [2.75, 3.05) is 19.8 Å². The Bertz CT molecular complexity index is 339. The molecule has 1 aliphatic rings. The van der Waals surface area contributed by atoms with Gasteiger partial charge in [-0.2, -0.15) is 0 Å². The van der Waals surface area contributed by atoms with Crippen molar-refractivity contribution >= 4 is 0 Å². The third-order valence-electron chi connectivity index (χ3n) is 3.25. The summed E-state index contributed by atoms with van der Waals surface area (Å²) >= 11 is 0. The van der Waals surface area contributed by atoms with Gasteiger partial charge in [0.15, 0.2) is 0 Å². The molecule has 0 radical (unpaired) electrons. The van der Waals surface area contributed by atoms with Gasteiger partial charge in [-0.1, -0.05) is 12.1 Å². The Labute approximate surface area is 103 Å². The van der Waals surface area contributed by atoms with Crippen molar-refractivity contribution in [3.63, 3.8) is 0 Å². The van der Waals surface area contributed by atoms with Crippen molar-refractivity contribution in [2.24, 2.45) is 13.0 Å². The van der Waals surface area contributed by atoms with E-state index in [1.54, 1.807) is 4.68 Å². The first-order valence-electron chi connectivity index (χ1n) is 6.46. The van der Waals surface area contributed by atoms with Gasteiger partial charge in [0.05, 0.1) is 12.3 Å². The molecule has 1 fully saturated rings. The second kappa shape index (κ2) is 6.12. The Balaban J connectivity index is 1.91. The Morgan fingerprint density at radius 1 is 1.59 bits per heavy atom. The fraction of sp³-hybridized carbons (Fsp3) is 0.833. The van der Waals surface area contributed by atoms with Crippen molar-refractivity contribution in [1.29, 1.82) is 0 Å². The van der Waals surface area contributed by atoms with E-state index in [-0.39, 0.29) is 0 Å². The van der Waals surface area contributed by atoms with Gasteiger partial charge in [0.1, 0.15) is 0 Å². The van der Waals surface area contributed by atoms with Crippen LogP contribution in [-0.2, 0) is 18.2 Å². The smallest absolute Gasteiger partial charge is 0.0831 e. The summed E-state index contributed by atoms with van der Waals surface area (Å²) in [5.74, 6) is 0.520. The van der Waals surface area contributed by atoms with E-state index in [1.165, 1.54) is 6.42 Å². The number of hydrogen-bond acceptors (Lipinski definition) is 4. The van der Waals surface area contributed by atoms with Gasteiger partial charge in [-0.3, -0.25) is 4.68 Å². The third-order valence-corrected chi connectivity index (χ3v) is 3.25. The SMILES string of the molecule is CCCNC1CCOCC1Cc1cn(C)nn1. The molecular weight excluding hydrogens is 216 g/mol. The van der Waals surface area contributed by atoms with Gasteiger partial charge in [-0.15, -0.1) is 5.10 Å². The van der Waals surface area contributed by atoms with Crippen LogP contribution in [0.2, 0.25) is 0 Å². The van der Waals surface area contributed by atoms with Crippen LogP contribution in [0, 0.1) is 5.92 Å². The minimum atomic E-state index is 0.520. The molecule has 2 atom stereocenters. The van der Waals surface area contributed by atoms with E-state index < -0.39 is 0 Å². The van der Waals surface area contributed by atoms with Crippen LogP contribution in [0.5, 0.6) is 0 Å². The van der Waals surface area contributed by atoms with Crippen molar-refractivity contribution in [3.8, 4) is 0 Å². The predicted molar refractivity (Wildman–Crippen MR) is 65.7 cm³/mol. The fourth-order valence-corrected chi connectivity index (χ4v) is 2.35. The molecule has 1 aliphatic heterocycles. The molecule has 1 N–H and O–H groups in total. The first-order valence-corrected chi connectivity index (χ1v) is 6.46. The lowest BCUT2D eigenvalue weighted by molar-refractivity contribution is 0.0319. The number of rotatable bonds is 5. The van der Waals surface area contributed by atoms with Gasteiger partial charge in [-0.05, 0) is 25.8 Å². The summed E-state index contributed by atoms with van der Waals surface area (Å²) in [6.45, 7) is 4.99. The van der Waals surface area contributed by atoms with Gasteiger partial charge < -0.3 is 10.1 Å². The summed E-state index contributed by atoms with van der Waals surface area (Å²) < 4.78 is 7.33. The highest BCUT2D eigenvalue weighted by atomic mass is 16.5. The molecule has 1 saturated heterocycles. The molecule has 2 rings (SSSR count). The molecule has 0 saturated carbocycles. The number of nitrogens with zero attached hydrogens (tertiary/aromatic N) is 3. The van der Waals surface area contributed by atoms with E-state index in [0.717, 1.165) is 38.3 Å². The number of hydrogen-bond donors (Lipinski definition) is 1. The van der Waals surface area contributed by atoms with Crippen LogP contribution in [0.15, 0.2) is 6.20 Å². The molecule has 17 heavy (non-hydrogen) atoms. The van der Waals surface area contributed by atoms with E-state index in [0.29, 0.717) is 12.0 Å². The Kier molecular flexibility index (Phi) is 4.50. The van der Waals surface area contributed by atoms with Gasteiger partial charge in [0, 0.05) is 31.8 Å². The lowest BCUT2D eigenvalue weighted by Gasteiger charge is -2.31. The molecule has 5 heteroatoms. The summed E-state index contributed by atoms with van der Waals surface area (Å²) in [7, 11) is 1.90. The molecular formula is C12H22N4O. The zero-order valence-electron chi connectivity index (χ0n) is 10.7. The lowest BCUT2D eigenvalue weighted by atomic mass is 9.91. The van der Waals surface area contributed by atoms with Crippen LogP contribution in [0.3, 0.4) is 0 Å². The van der Waals surface area contributed by atoms with Gasteiger partial charge in [-0.25, -0.2) is 0 Å². The Morgan fingerprint density at radius 2 is 2.47 bits per heavy atom.